The van der Waals surface area contributed by atoms with E-state index in [1.165, 1.54) is 21.8 Å². The number of halogens is 1. The monoisotopic (exact) mass is 415 g/mol. The lowest BCUT2D eigenvalue weighted by Crippen LogP contribution is -2.22. The number of hydrogen-bond donors (Lipinski definition) is 1. The largest absolute Gasteiger partial charge is 0.346 e. The van der Waals surface area contributed by atoms with Gasteiger partial charge in [0.25, 0.3) is 5.91 Å². The van der Waals surface area contributed by atoms with Crippen LogP contribution >= 0.6 is 34.7 Å². The Hall–Kier alpha value is -2.15. The van der Waals surface area contributed by atoms with Gasteiger partial charge in [-0.25, -0.2) is 0 Å². The maximum absolute atomic E-state index is 12.3. The van der Waals surface area contributed by atoms with Gasteiger partial charge < -0.3 is 5.32 Å². The van der Waals surface area contributed by atoms with Gasteiger partial charge in [-0.15, -0.1) is 22.0 Å². The van der Waals surface area contributed by atoms with Crippen molar-refractivity contribution in [1.29, 1.82) is 0 Å². The van der Waals surface area contributed by atoms with Crippen molar-refractivity contribution in [1.82, 2.24) is 15.5 Å². The second kappa shape index (κ2) is 9.17. The summed E-state index contributed by atoms with van der Waals surface area (Å²) < 4.78 is 0. The van der Waals surface area contributed by atoms with E-state index in [9.17, 15) is 4.79 Å². The zero-order chi connectivity index (χ0) is 19.2. The normalized spacial score (nSPS) is 11.4. The van der Waals surface area contributed by atoms with Crippen LogP contribution in [0.3, 0.4) is 0 Å². The zero-order valence-electron chi connectivity index (χ0n) is 14.9. The average molecular weight is 416 g/mol. The molecule has 3 aromatic rings. The first kappa shape index (κ1) is 19.6. The smallest absolute Gasteiger partial charge is 0.282 e. The Morgan fingerprint density at radius 3 is 2.44 bits per heavy atom. The fourth-order valence-electron chi connectivity index (χ4n) is 2.28. The van der Waals surface area contributed by atoms with Crippen molar-refractivity contribution in [2.45, 2.75) is 18.4 Å². The molecule has 0 spiro atoms. The van der Waals surface area contributed by atoms with Crippen molar-refractivity contribution >= 4 is 51.7 Å². The fraction of sp³-hybridized carbons (Fsp3) is 0.150. The van der Waals surface area contributed by atoms with E-state index in [0.717, 1.165) is 11.1 Å². The van der Waals surface area contributed by atoms with Gasteiger partial charge in [0.1, 0.15) is 0 Å². The minimum absolute atomic E-state index is 0.256. The number of nitrogens with zero attached hydrogens (tertiary/aromatic N) is 2. The molecule has 138 valence electrons. The van der Waals surface area contributed by atoms with E-state index in [2.05, 4.69) is 15.5 Å². The number of carbonyl (C=O) groups is 1. The van der Waals surface area contributed by atoms with E-state index >= 15 is 0 Å². The quantitative estimate of drug-likeness (QED) is 0.559. The molecule has 27 heavy (non-hydrogen) atoms. The lowest BCUT2D eigenvalue weighted by molar-refractivity contribution is 0.0950. The molecule has 0 aliphatic heterocycles. The molecule has 7 heteroatoms. The maximum atomic E-state index is 12.3. The summed E-state index contributed by atoms with van der Waals surface area (Å²) in [6, 6.07) is 16.1. The van der Waals surface area contributed by atoms with Crippen LogP contribution in [0.15, 0.2) is 53.4 Å². The van der Waals surface area contributed by atoms with Crippen molar-refractivity contribution in [2.24, 2.45) is 0 Å². The molecule has 3 rings (SSSR count). The Kier molecular flexibility index (Phi) is 6.66. The van der Waals surface area contributed by atoms with Crippen molar-refractivity contribution < 1.29 is 4.79 Å². The number of aryl methyl sites for hydroxylation is 1. The number of rotatable bonds is 6. The van der Waals surface area contributed by atoms with Crippen LogP contribution in [-0.2, 0) is 6.54 Å². The van der Waals surface area contributed by atoms with Crippen molar-refractivity contribution in [3.8, 4) is 0 Å². The molecule has 0 saturated carbocycles. The van der Waals surface area contributed by atoms with Crippen LogP contribution in [0.25, 0.3) is 11.1 Å². The molecule has 0 bridgehead atoms. The molecular formula is C20H18ClN3OS2. The Labute approximate surface area is 171 Å². The van der Waals surface area contributed by atoms with Crippen LogP contribution in [0.1, 0.15) is 31.5 Å². The van der Waals surface area contributed by atoms with Crippen LogP contribution < -0.4 is 5.32 Å². The molecule has 0 saturated heterocycles. The summed E-state index contributed by atoms with van der Waals surface area (Å²) in [7, 11) is 0. The molecule has 0 aliphatic rings. The Morgan fingerprint density at radius 1 is 1.11 bits per heavy atom. The molecule has 0 fully saturated rings. The fourth-order valence-corrected chi connectivity index (χ4v) is 3.64. The Morgan fingerprint density at radius 2 is 1.78 bits per heavy atom. The van der Waals surface area contributed by atoms with Crippen LogP contribution in [-0.4, -0.2) is 22.4 Å². The maximum Gasteiger partial charge on any atom is 0.282 e. The van der Waals surface area contributed by atoms with Crippen molar-refractivity contribution in [3.05, 3.63) is 75.2 Å². The molecule has 0 aliphatic carbocycles. The summed E-state index contributed by atoms with van der Waals surface area (Å²) in [5.41, 5.74) is 3.19. The average Bonchev–Trinajstić information content (AvgIpc) is 3.18. The van der Waals surface area contributed by atoms with Crippen LogP contribution in [0, 0.1) is 6.92 Å². The number of amides is 1. The predicted octanol–water partition coefficient (Wildman–Crippen LogP) is 5.24. The van der Waals surface area contributed by atoms with Crippen molar-refractivity contribution in [3.63, 3.8) is 0 Å². The lowest BCUT2D eigenvalue weighted by atomic mass is 10.1. The second-order valence-electron chi connectivity index (χ2n) is 5.85. The minimum atomic E-state index is -0.256. The summed E-state index contributed by atoms with van der Waals surface area (Å²) in [6.07, 6.45) is 3.85. The summed E-state index contributed by atoms with van der Waals surface area (Å²) >= 11 is 9.21. The van der Waals surface area contributed by atoms with Crippen LogP contribution in [0.2, 0.25) is 0 Å². The third kappa shape index (κ3) is 5.42. The van der Waals surface area contributed by atoms with E-state index in [1.807, 2.05) is 67.8 Å². The van der Waals surface area contributed by atoms with Crippen LogP contribution in [0.5, 0.6) is 0 Å². The van der Waals surface area contributed by atoms with Gasteiger partial charge in [-0.3, -0.25) is 4.79 Å². The predicted molar refractivity (Wildman–Crippen MR) is 114 cm³/mol. The van der Waals surface area contributed by atoms with Gasteiger partial charge in [0, 0.05) is 11.4 Å². The molecule has 1 amide bonds. The summed E-state index contributed by atoms with van der Waals surface area (Å²) in [5, 5.41) is 12.1. The van der Waals surface area contributed by atoms with E-state index < -0.39 is 0 Å². The molecule has 0 radical (unpaired) electrons. The standard InChI is InChI=1S/C20H18ClN3OS2/c1-13-3-5-15(6-4-13)12-22-18(25)20-24-23-19(27-20)17(21)11-14-7-9-16(26-2)10-8-14/h3-11H,12H2,1-2H3,(H,22,25)/b17-11-. The number of thioether (sulfide) groups is 1. The molecular weight excluding hydrogens is 398 g/mol. The molecule has 0 atom stereocenters. The van der Waals surface area contributed by atoms with Gasteiger partial charge in [-0.2, -0.15) is 0 Å². The summed E-state index contributed by atoms with van der Waals surface area (Å²) in [6.45, 7) is 2.47. The van der Waals surface area contributed by atoms with Gasteiger partial charge >= 0.3 is 0 Å². The number of carbonyl (C=O) groups excluding carboxylic acids is 1. The van der Waals surface area contributed by atoms with Gasteiger partial charge in [-0.1, -0.05) is 64.9 Å². The van der Waals surface area contributed by atoms with Gasteiger partial charge in [0.15, 0.2) is 5.01 Å². The van der Waals surface area contributed by atoms with Gasteiger partial charge in [0.05, 0.1) is 5.03 Å². The summed E-state index contributed by atoms with van der Waals surface area (Å²) in [4.78, 5) is 13.5. The Bertz CT molecular complexity index is 950. The zero-order valence-corrected chi connectivity index (χ0v) is 17.3. The number of benzene rings is 2. The molecule has 1 aromatic heterocycles. The first-order valence-electron chi connectivity index (χ1n) is 8.24. The van der Waals surface area contributed by atoms with E-state index in [1.54, 1.807) is 11.8 Å². The molecule has 1 heterocycles. The second-order valence-corrected chi connectivity index (χ2v) is 8.11. The van der Waals surface area contributed by atoms with E-state index in [4.69, 9.17) is 11.6 Å². The Balaban J connectivity index is 1.64. The third-order valence-corrected chi connectivity index (χ3v) is 5.91. The number of hydrogen-bond acceptors (Lipinski definition) is 5. The first-order valence-corrected chi connectivity index (χ1v) is 10.7. The van der Waals surface area contributed by atoms with E-state index in [0.29, 0.717) is 21.6 Å². The highest BCUT2D eigenvalue weighted by Gasteiger charge is 2.14. The molecule has 1 N–H and O–H groups in total. The third-order valence-electron chi connectivity index (χ3n) is 3.81. The first-order chi connectivity index (χ1) is 13.0. The molecule has 2 aromatic carbocycles. The number of nitrogens with one attached hydrogen (secondary N) is 1. The van der Waals surface area contributed by atoms with Gasteiger partial charge in [0.2, 0.25) is 5.01 Å². The SMILES string of the molecule is CSc1ccc(/C=C(\Cl)c2nnc(C(=O)NCc3ccc(C)cc3)s2)cc1. The van der Waals surface area contributed by atoms with Gasteiger partial charge in [-0.05, 0) is 42.5 Å². The minimum Gasteiger partial charge on any atom is -0.346 e. The van der Waals surface area contributed by atoms with Crippen molar-refractivity contribution in [2.75, 3.05) is 6.26 Å². The van der Waals surface area contributed by atoms with E-state index in [-0.39, 0.29) is 5.91 Å². The molecule has 0 unspecified atom stereocenters. The highest BCUT2D eigenvalue weighted by atomic mass is 35.5. The van der Waals surface area contributed by atoms with Crippen LogP contribution in [0.4, 0.5) is 0 Å². The highest BCUT2D eigenvalue weighted by molar-refractivity contribution is 7.98. The number of aromatic nitrogens is 2. The highest BCUT2D eigenvalue weighted by Crippen LogP contribution is 2.26. The topological polar surface area (TPSA) is 54.9 Å². The molecule has 4 nitrogen and oxygen atoms in total. The lowest BCUT2D eigenvalue weighted by Gasteiger charge is -2.03. The summed E-state index contributed by atoms with van der Waals surface area (Å²) in [5.74, 6) is -0.256.